The van der Waals surface area contributed by atoms with Crippen molar-refractivity contribution in [2.24, 2.45) is 0 Å². The average molecular weight is 317 g/mol. The van der Waals surface area contributed by atoms with Gasteiger partial charge in [-0.1, -0.05) is 23.3 Å². The number of hydrogen-bond donors (Lipinski definition) is 1. The van der Waals surface area contributed by atoms with E-state index in [1.165, 1.54) is 18.3 Å². The molecule has 4 heteroatoms. The maximum atomic E-state index is 11.6. The molecule has 0 aliphatic carbocycles. The molecule has 4 nitrogen and oxygen atoms in total. The first-order valence-electron chi connectivity index (χ1n) is 7.77. The molecule has 0 radical (unpaired) electrons. The van der Waals surface area contributed by atoms with Gasteiger partial charge in [-0.3, -0.25) is 0 Å². The van der Waals surface area contributed by atoms with Gasteiger partial charge in [0.15, 0.2) is 0 Å². The number of nitrogens with one attached hydrogen (secondary N) is 1. The largest absolute Gasteiger partial charge is 0.495 e. The Morgan fingerprint density at radius 1 is 1.17 bits per heavy atom. The minimum atomic E-state index is -0.357. The van der Waals surface area contributed by atoms with E-state index >= 15 is 0 Å². The summed E-state index contributed by atoms with van der Waals surface area (Å²) in [5, 5.41) is 3.29. The number of methoxy groups -OCH3 is 2. The molecular formula is C19H27NO3. The van der Waals surface area contributed by atoms with E-state index in [1.54, 1.807) is 25.3 Å². The van der Waals surface area contributed by atoms with E-state index in [4.69, 9.17) is 9.47 Å². The van der Waals surface area contributed by atoms with Crippen molar-refractivity contribution in [3.8, 4) is 5.75 Å². The first kappa shape index (κ1) is 18.8. The highest BCUT2D eigenvalue weighted by Crippen LogP contribution is 2.25. The van der Waals surface area contributed by atoms with E-state index < -0.39 is 0 Å². The third-order valence-electron chi connectivity index (χ3n) is 3.45. The van der Waals surface area contributed by atoms with E-state index in [2.05, 4.69) is 38.2 Å². The number of hydrogen-bond acceptors (Lipinski definition) is 4. The van der Waals surface area contributed by atoms with Gasteiger partial charge in [-0.25, -0.2) is 4.79 Å². The predicted octanol–water partition coefficient (Wildman–Crippen LogP) is 4.59. The Morgan fingerprint density at radius 2 is 1.91 bits per heavy atom. The van der Waals surface area contributed by atoms with E-state index in [-0.39, 0.29) is 5.97 Å². The summed E-state index contributed by atoms with van der Waals surface area (Å²) in [5.74, 6) is 0.345. The van der Waals surface area contributed by atoms with Gasteiger partial charge in [0.1, 0.15) is 5.75 Å². The summed E-state index contributed by atoms with van der Waals surface area (Å²) < 4.78 is 10.1. The van der Waals surface area contributed by atoms with Gasteiger partial charge in [0.25, 0.3) is 0 Å². The number of benzene rings is 1. The fourth-order valence-corrected chi connectivity index (χ4v) is 2.12. The van der Waals surface area contributed by atoms with Crippen LogP contribution in [0.15, 0.2) is 41.5 Å². The number of carbonyl (C=O) groups is 1. The van der Waals surface area contributed by atoms with Gasteiger partial charge in [-0.15, -0.1) is 0 Å². The molecule has 23 heavy (non-hydrogen) atoms. The summed E-state index contributed by atoms with van der Waals surface area (Å²) in [7, 11) is 2.98. The molecule has 0 amide bonds. The van der Waals surface area contributed by atoms with Crippen molar-refractivity contribution in [3.63, 3.8) is 0 Å². The first-order chi connectivity index (χ1) is 11.0. The lowest BCUT2D eigenvalue weighted by molar-refractivity contribution is 0.0601. The molecule has 1 aromatic rings. The van der Waals surface area contributed by atoms with Crippen LogP contribution >= 0.6 is 0 Å². The minimum Gasteiger partial charge on any atom is -0.495 e. The number of allylic oxidation sites excluding steroid dienone is 3. The Bertz CT molecular complexity index is 584. The lowest BCUT2D eigenvalue weighted by Crippen LogP contribution is -2.05. The molecule has 126 valence electrons. The van der Waals surface area contributed by atoms with Crippen LogP contribution in [0, 0.1) is 0 Å². The van der Waals surface area contributed by atoms with Gasteiger partial charge in [-0.05, 0) is 51.8 Å². The van der Waals surface area contributed by atoms with Crippen molar-refractivity contribution in [2.45, 2.75) is 33.6 Å². The van der Waals surface area contributed by atoms with Crippen molar-refractivity contribution < 1.29 is 14.3 Å². The van der Waals surface area contributed by atoms with Crippen LogP contribution in [0.25, 0.3) is 0 Å². The van der Waals surface area contributed by atoms with Gasteiger partial charge >= 0.3 is 5.97 Å². The summed E-state index contributed by atoms with van der Waals surface area (Å²) >= 11 is 0. The molecule has 0 aromatic heterocycles. The predicted molar refractivity (Wildman–Crippen MR) is 95.2 cm³/mol. The molecule has 0 atom stereocenters. The Kier molecular flexibility index (Phi) is 7.95. The molecule has 0 unspecified atom stereocenters. The summed E-state index contributed by atoms with van der Waals surface area (Å²) in [5.41, 5.74) is 3.96. The van der Waals surface area contributed by atoms with Gasteiger partial charge in [-0.2, -0.15) is 0 Å². The minimum absolute atomic E-state index is 0.357. The van der Waals surface area contributed by atoms with Crippen LogP contribution in [0.3, 0.4) is 0 Å². The second kappa shape index (κ2) is 9.72. The number of anilines is 1. The fourth-order valence-electron chi connectivity index (χ4n) is 2.12. The molecule has 0 bridgehead atoms. The van der Waals surface area contributed by atoms with Crippen LogP contribution in [-0.4, -0.2) is 26.7 Å². The summed E-state index contributed by atoms with van der Waals surface area (Å²) in [6.07, 6.45) is 6.51. The lowest BCUT2D eigenvalue weighted by atomic mass is 10.1. The smallest absolute Gasteiger partial charge is 0.337 e. The van der Waals surface area contributed by atoms with Crippen molar-refractivity contribution in [1.29, 1.82) is 0 Å². The highest BCUT2D eigenvalue weighted by Gasteiger charge is 2.09. The molecule has 1 N–H and O–H groups in total. The molecule has 0 saturated heterocycles. The second-order valence-electron chi connectivity index (χ2n) is 5.66. The van der Waals surface area contributed by atoms with Crippen LogP contribution in [0.1, 0.15) is 44.0 Å². The zero-order valence-corrected chi connectivity index (χ0v) is 14.7. The van der Waals surface area contributed by atoms with Crippen molar-refractivity contribution in [3.05, 3.63) is 47.1 Å². The Balaban J connectivity index is 2.68. The summed E-state index contributed by atoms with van der Waals surface area (Å²) in [4.78, 5) is 11.6. The molecular weight excluding hydrogens is 290 g/mol. The fraction of sp³-hybridized carbons (Fsp3) is 0.421. The van der Waals surface area contributed by atoms with E-state index in [0.717, 1.165) is 18.5 Å². The van der Waals surface area contributed by atoms with E-state index in [1.807, 2.05) is 0 Å². The van der Waals surface area contributed by atoms with Crippen molar-refractivity contribution >= 4 is 11.7 Å². The topological polar surface area (TPSA) is 47.6 Å². The standard InChI is InChI=1S/C19H27NO3/c1-14(2)7-6-8-15(3)11-12-20-17-13-16(19(21)23-5)9-10-18(17)22-4/h7,9-11,13,20H,6,8,12H2,1-5H3/b15-11+. The van der Waals surface area contributed by atoms with Crippen LogP contribution in [0.5, 0.6) is 5.75 Å². The zero-order chi connectivity index (χ0) is 17.2. The van der Waals surface area contributed by atoms with E-state index in [9.17, 15) is 4.79 Å². The van der Waals surface area contributed by atoms with Gasteiger partial charge in [0.05, 0.1) is 25.5 Å². The van der Waals surface area contributed by atoms with Crippen LogP contribution < -0.4 is 10.1 Å². The molecule has 1 aromatic carbocycles. The number of esters is 1. The Hall–Kier alpha value is -2.23. The molecule has 0 fully saturated rings. The highest BCUT2D eigenvalue weighted by molar-refractivity contribution is 5.91. The van der Waals surface area contributed by atoms with E-state index in [0.29, 0.717) is 17.9 Å². The Morgan fingerprint density at radius 3 is 2.52 bits per heavy atom. The number of ether oxygens (including phenoxy) is 2. The molecule has 0 saturated carbocycles. The first-order valence-corrected chi connectivity index (χ1v) is 7.77. The van der Waals surface area contributed by atoms with Crippen LogP contribution in [0.4, 0.5) is 5.69 Å². The molecule has 0 aliphatic rings. The quantitative estimate of drug-likeness (QED) is 0.563. The third kappa shape index (κ3) is 6.59. The number of carbonyl (C=O) groups excluding carboxylic acids is 1. The highest BCUT2D eigenvalue weighted by atomic mass is 16.5. The molecule has 0 aliphatic heterocycles. The van der Waals surface area contributed by atoms with Gasteiger partial charge < -0.3 is 14.8 Å². The zero-order valence-electron chi connectivity index (χ0n) is 14.7. The Labute approximate surface area is 139 Å². The van der Waals surface area contributed by atoms with Crippen molar-refractivity contribution in [1.82, 2.24) is 0 Å². The second-order valence-corrected chi connectivity index (χ2v) is 5.66. The van der Waals surface area contributed by atoms with Gasteiger partial charge in [0, 0.05) is 6.54 Å². The molecule has 0 spiro atoms. The lowest BCUT2D eigenvalue weighted by Gasteiger charge is -2.11. The van der Waals surface area contributed by atoms with Crippen LogP contribution in [0.2, 0.25) is 0 Å². The summed E-state index contributed by atoms with van der Waals surface area (Å²) in [6, 6.07) is 5.20. The normalized spacial score (nSPS) is 10.9. The third-order valence-corrected chi connectivity index (χ3v) is 3.45. The monoisotopic (exact) mass is 317 g/mol. The van der Waals surface area contributed by atoms with Gasteiger partial charge in [0.2, 0.25) is 0 Å². The maximum Gasteiger partial charge on any atom is 0.337 e. The van der Waals surface area contributed by atoms with Crippen LogP contribution in [-0.2, 0) is 4.74 Å². The average Bonchev–Trinajstić information content (AvgIpc) is 2.53. The summed E-state index contributed by atoms with van der Waals surface area (Å²) in [6.45, 7) is 7.03. The molecule has 1 rings (SSSR count). The SMILES string of the molecule is COC(=O)c1ccc(OC)c(NC/C=C(\C)CCC=C(C)C)c1. The maximum absolute atomic E-state index is 11.6. The molecule has 0 heterocycles. The van der Waals surface area contributed by atoms with Crippen molar-refractivity contribution in [2.75, 3.05) is 26.1 Å². The number of rotatable bonds is 8.